The summed E-state index contributed by atoms with van der Waals surface area (Å²) in [4.78, 5) is 10.9. The minimum atomic E-state index is -4.00. The first-order valence-electron chi connectivity index (χ1n) is 6.91. The van der Waals surface area contributed by atoms with E-state index in [0.717, 1.165) is 10.4 Å². The highest BCUT2D eigenvalue weighted by Gasteiger charge is 2.26. The molecule has 0 amide bonds. The summed E-state index contributed by atoms with van der Waals surface area (Å²) in [6.45, 7) is 1.35. The lowest BCUT2D eigenvalue weighted by Gasteiger charge is -2.25. The van der Waals surface area contributed by atoms with E-state index in [0.29, 0.717) is 5.69 Å². The summed E-state index contributed by atoms with van der Waals surface area (Å²) >= 11 is 0. The average molecular weight is 335 g/mol. The van der Waals surface area contributed by atoms with E-state index in [1.807, 2.05) is 0 Å². The van der Waals surface area contributed by atoms with Crippen LogP contribution in [0, 0.1) is 0 Å². The highest BCUT2D eigenvalue weighted by atomic mass is 32.2. The molecule has 122 valence electrons. The van der Waals surface area contributed by atoms with Gasteiger partial charge in [0.2, 0.25) is 0 Å². The quantitative estimate of drug-likeness (QED) is 0.841. The van der Waals surface area contributed by atoms with E-state index in [9.17, 15) is 18.3 Å². The second kappa shape index (κ2) is 6.80. The minimum Gasteiger partial charge on any atom is -0.478 e. The molecule has 0 unspecified atom stereocenters. The molecule has 0 aliphatic heterocycles. The van der Waals surface area contributed by atoms with Crippen LogP contribution < -0.4 is 4.31 Å². The number of hydrogen-bond acceptors (Lipinski definition) is 4. The van der Waals surface area contributed by atoms with E-state index in [1.54, 1.807) is 30.3 Å². The lowest BCUT2D eigenvalue weighted by Crippen LogP contribution is -2.36. The van der Waals surface area contributed by atoms with Crippen molar-refractivity contribution in [3.8, 4) is 0 Å². The number of nitrogens with zero attached hydrogens (tertiary/aromatic N) is 1. The van der Waals surface area contributed by atoms with Crippen molar-refractivity contribution in [3.63, 3.8) is 0 Å². The van der Waals surface area contributed by atoms with Crippen LogP contribution in [-0.2, 0) is 10.0 Å². The number of carboxylic acid groups (broad SMARTS) is 1. The molecule has 1 atom stereocenters. The third-order valence-electron chi connectivity index (χ3n) is 3.14. The Morgan fingerprint density at radius 1 is 1.13 bits per heavy atom. The monoisotopic (exact) mass is 335 g/mol. The fourth-order valence-electron chi connectivity index (χ4n) is 2.09. The first kappa shape index (κ1) is 17.0. The van der Waals surface area contributed by atoms with Crippen LogP contribution in [0.3, 0.4) is 0 Å². The van der Waals surface area contributed by atoms with Gasteiger partial charge in [-0.1, -0.05) is 24.3 Å². The molecule has 0 aliphatic carbocycles. The highest BCUT2D eigenvalue weighted by Crippen LogP contribution is 2.24. The minimum absolute atomic E-state index is 0.115. The van der Waals surface area contributed by atoms with Crippen LogP contribution in [-0.4, -0.2) is 37.2 Å². The first-order valence-corrected chi connectivity index (χ1v) is 8.35. The molecule has 0 fully saturated rings. The van der Waals surface area contributed by atoms with Gasteiger partial charge in [0.15, 0.2) is 0 Å². The van der Waals surface area contributed by atoms with Crippen molar-refractivity contribution < 1.29 is 23.4 Å². The molecule has 0 saturated carbocycles. The largest absolute Gasteiger partial charge is 0.478 e. The van der Waals surface area contributed by atoms with E-state index in [4.69, 9.17) is 5.11 Å². The van der Waals surface area contributed by atoms with Crippen molar-refractivity contribution in [2.24, 2.45) is 0 Å². The van der Waals surface area contributed by atoms with Gasteiger partial charge in [-0.15, -0.1) is 0 Å². The van der Waals surface area contributed by atoms with Gasteiger partial charge in [0, 0.05) is 0 Å². The number of rotatable bonds is 6. The van der Waals surface area contributed by atoms with Gasteiger partial charge in [-0.3, -0.25) is 4.31 Å². The van der Waals surface area contributed by atoms with Crippen molar-refractivity contribution in [2.45, 2.75) is 17.9 Å². The van der Waals surface area contributed by atoms with Gasteiger partial charge in [0.1, 0.15) is 0 Å². The number of hydrogen-bond donors (Lipinski definition) is 2. The Balaban J connectivity index is 2.52. The predicted octanol–water partition coefficient (Wildman–Crippen LogP) is 1.96. The zero-order valence-electron chi connectivity index (χ0n) is 12.5. The van der Waals surface area contributed by atoms with Crippen molar-refractivity contribution in [1.82, 2.24) is 0 Å². The Bertz CT molecular complexity index is 787. The van der Waals surface area contributed by atoms with Crippen LogP contribution in [0.5, 0.6) is 0 Å². The summed E-state index contributed by atoms with van der Waals surface area (Å²) in [5.74, 6) is -1.20. The molecular formula is C16H17NO5S. The van der Waals surface area contributed by atoms with E-state index in [2.05, 4.69) is 0 Å². The van der Waals surface area contributed by atoms with Crippen LogP contribution in [0.15, 0.2) is 59.5 Å². The summed E-state index contributed by atoms with van der Waals surface area (Å²) in [5, 5.41) is 18.7. The number of aliphatic hydroxyl groups is 1. The Labute approximate surface area is 134 Å². The number of anilines is 1. The topological polar surface area (TPSA) is 94.9 Å². The Kier molecular flexibility index (Phi) is 5.02. The fraction of sp³-hybridized carbons (Fsp3) is 0.188. The fourth-order valence-corrected chi connectivity index (χ4v) is 3.69. The predicted molar refractivity (Wildman–Crippen MR) is 86.1 cm³/mol. The van der Waals surface area contributed by atoms with Crippen molar-refractivity contribution in [3.05, 3.63) is 60.2 Å². The molecule has 7 heteroatoms. The number of aliphatic hydroxyl groups excluding tert-OH is 1. The van der Waals surface area contributed by atoms with E-state index in [1.165, 1.54) is 25.1 Å². The molecular weight excluding hydrogens is 318 g/mol. The molecule has 2 aromatic rings. The van der Waals surface area contributed by atoms with E-state index in [-0.39, 0.29) is 17.0 Å². The second-order valence-corrected chi connectivity index (χ2v) is 6.92. The summed E-state index contributed by atoms with van der Waals surface area (Å²) in [6.07, 6.45) is -0.882. The number of para-hydroxylation sites is 1. The van der Waals surface area contributed by atoms with Gasteiger partial charge in [-0.05, 0) is 37.3 Å². The molecule has 0 radical (unpaired) electrons. The average Bonchev–Trinajstić information content (AvgIpc) is 2.53. The number of aromatic carboxylic acids is 1. The zero-order valence-corrected chi connectivity index (χ0v) is 13.3. The van der Waals surface area contributed by atoms with Gasteiger partial charge in [-0.2, -0.15) is 0 Å². The number of benzene rings is 2. The normalized spacial score (nSPS) is 12.6. The Hall–Kier alpha value is -2.38. The van der Waals surface area contributed by atoms with E-state index >= 15 is 0 Å². The highest BCUT2D eigenvalue weighted by molar-refractivity contribution is 7.92. The molecule has 0 saturated heterocycles. The first-order chi connectivity index (χ1) is 10.8. The maximum Gasteiger partial charge on any atom is 0.335 e. The molecule has 23 heavy (non-hydrogen) atoms. The van der Waals surface area contributed by atoms with Crippen molar-refractivity contribution in [1.29, 1.82) is 0 Å². The van der Waals surface area contributed by atoms with Gasteiger partial charge < -0.3 is 10.2 Å². The lowest BCUT2D eigenvalue weighted by molar-refractivity contribution is 0.0696. The van der Waals surface area contributed by atoms with E-state index < -0.39 is 22.1 Å². The van der Waals surface area contributed by atoms with Gasteiger partial charge in [-0.25, -0.2) is 13.2 Å². The maximum atomic E-state index is 12.9. The summed E-state index contributed by atoms with van der Waals surface area (Å²) in [7, 11) is -4.00. The van der Waals surface area contributed by atoms with Crippen LogP contribution in [0.25, 0.3) is 0 Å². The zero-order chi connectivity index (χ0) is 17.0. The molecule has 2 N–H and O–H groups in total. The molecule has 0 heterocycles. The summed E-state index contributed by atoms with van der Waals surface area (Å²) in [5.41, 5.74) is 0.283. The van der Waals surface area contributed by atoms with Crippen molar-refractivity contribution in [2.75, 3.05) is 10.8 Å². The smallest absolute Gasteiger partial charge is 0.335 e. The molecule has 2 rings (SSSR count). The molecule has 2 aromatic carbocycles. The standard InChI is InChI=1S/C16H17NO5S/c1-12(18)11-17(14-7-3-2-4-8-14)23(21,22)15-9-5-6-13(10-15)16(19)20/h2-10,12,18H,11H2,1H3,(H,19,20)/t12-/m1/s1. The molecule has 0 spiro atoms. The molecule has 6 nitrogen and oxygen atoms in total. The molecule has 0 bridgehead atoms. The van der Waals surface area contributed by atoms with Crippen molar-refractivity contribution >= 4 is 21.7 Å². The SMILES string of the molecule is C[C@@H](O)CN(c1ccccc1)S(=O)(=O)c1cccc(C(=O)O)c1. The summed E-state index contributed by atoms with van der Waals surface area (Å²) < 4.78 is 26.8. The van der Waals surface area contributed by atoms with Crippen LogP contribution in [0.2, 0.25) is 0 Å². The van der Waals surface area contributed by atoms with Crippen LogP contribution in [0.4, 0.5) is 5.69 Å². The van der Waals surface area contributed by atoms with Crippen LogP contribution >= 0.6 is 0 Å². The molecule has 0 aliphatic rings. The third-order valence-corrected chi connectivity index (χ3v) is 4.93. The second-order valence-electron chi connectivity index (χ2n) is 5.05. The Morgan fingerprint density at radius 2 is 1.78 bits per heavy atom. The third kappa shape index (κ3) is 3.88. The van der Waals surface area contributed by atoms with Gasteiger partial charge in [0.05, 0.1) is 28.8 Å². The Morgan fingerprint density at radius 3 is 2.35 bits per heavy atom. The maximum absolute atomic E-state index is 12.9. The lowest BCUT2D eigenvalue weighted by atomic mass is 10.2. The number of carboxylic acids is 1. The number of sulfonamides is 1. The molecule has 0 aromatic heterocycles. The van der Waals surface area contributed by atoms with Crippen LogP contribution in [0.1, 0.15) is 17.3 Å². The number of carbonyl (C=O) groups is 1. The van der Waals surface area contributed by atoms with Gasteiger partial charge in [0.25, 0.3) is 10.0 Å². The summed E-state index contributed by atoms with van der Waals surface area (Å²) in [6, 6.07) is 13.5. The van der Waals surface area contributed by atoms with Gasteiger partial charge >= 0.3 is 5.97 Å².